The van der Waals surface area contributed by atoms with E-state index in [1.165, 1.54) is 85.7 Å². The Labute approximate surface area is 655 Å². The van der Waals surface area contributed by atoms with Crippen molar-refractivity contribution in [2.75, 3.05) is 102 Å². The Bertz CT molecular complexity index is 3320. The molecule has 626 valence electrons. The van der Waals surface area contributed by atoms with Gasteiger partial charge in [-0.25, -0.2) is 8.78 Å². The number of amides is 13. The largest absolute Gasteiger partial charge is 0.393 e. The van der Waals surface area contributed by atoms with Crippen molar-refractivity contribution in [2.45, 2.75) is 279 Å². The topological polar surface area (TPSA) is 300 Å². The van der Waals surface area contributed by atoms with Crippen molar-refractivity contribution in [1.82, 2.24) is 64.9 Å². The zero-order valence-corrected chi connectivity index (χ0v) is 68.0. The second kappa shape index (κ2) is 38.9. The van der Waals surface area contributed by atoms with Gasteiger partial charge in [-0.2, -0.15) is 13.2 Å². The van der Waals surface area contributed by atoms with Gasteiger partial charge in [0.15, 0.2) is 0 Å². The molecule has 8 rings (SSSR count). The van der Waals surface area contributed by atoms with Crippen molar-refractivity contribution in [3.8, 4) is 0 Å². The van der Waals surface area contributed by atoms with E-state index < -0.39 is 223 Å². The summed E-state index contributed by atoms with van der Waals surface area (Å²) in [5, 5.41) is 7.26. The minimum Gasteiger partial charge on any atom is -0.378 e. The van der Waals surface area contributed by atoms with Crippen LogP contribution in [-0.4, -0.2) is 305 Å². The molecule has 1 spiro atoms. The minimum atomic E-state index is -4.59. The summed E-state index contributed by atoms with van der Waals surface area (Å²) in [6.07, 6.45) is -0.264. The highest BCUT2D eigenvalue weighted by Gasteiger charge is 2.53. The first-order valence-electron chi connectivity index (χ1n) is 40.5. The van der Waals surface area contributed by atoms with Gasteiger partial charge in [0.25, 0.3) is 5.92 Å². The highest BCUT2D eigenvalue weighted by Crippen LogP contribution is 2.44. The number of alkyl halides is 6. The Morgan fingerprint density at radius 3 is 1.79 bits per heavy atom. The first kappa shape index (κ1) is 89.6. The van der Waals surface area contributed by atoms with Crippen LogP contribution in [0.4, 0.5) is 22.0 Å². The summed E-state index contributed by atoms with van der Waals surface area (Å²) in [6, 6.07) is -12.3. The molecule has 3 unspecified atom stereocenters. The van der Waals surface area contributed by atoms with Gasteiger partial charge in [0, 0.05) is 100 Å². The van der Waals surface area contributed by atoms with E-state index in [4.69, 9.17) is 16.3 Å². The van der Waals surface area contributed by atoms with Crippen molar-refractivity contribution in [3.05, 3.63) is 0 Å². The molecule has 4 heterocycles. The number of carbonyl (C=O) groups is 13. The molecule has 8 fully saturated rings. The first-order valence-corrected chi connectivity index (χ1v) is 41.0. The van der Waals surface area contributed by atoms with Crippen LogP contribution < -0.4 is 16.0 Å². The van der Waals surface area contributed by atoms with Crippen LogP contribution in [0, 0.1) is 35.5 Å². The molecule has 0 aromatic heterocycles. The van der Waals surface area contributed by atoms with Crippen molar-refractivity contribution in [3.63, 3.8) is 0 Å². The number of likely N-dealkylation sites (N-methyl/N-ethyl adjacent to an activating group) is 7. The number of nitrogens with zero attached hydrogens (tertiary/aromatic N) is 10. The Morgan fingerprint density at radius 2 is 1.22 bits per heavy atom. The Hall–Kier alpha value is -6.99. The molecule has 0 radical (unpaired) electrons. The number of hydrogen-bond donors (Lipinski definition) is 3. The van der Waals surface area contributed by atoms with Gasteiger partial charge in [0.1, 0.15) is 59.9 Å². The number of ether oxygens (including phenoxy) is 1. The molecule has 13 amide bonds. The van der Waals surface area contributed by atoms with E-state index in [0.717, 1.165) is 51.7 Å². The van der Waals surface area contributed by atoms with Crippen LogP contribution in [0.2, 0.25) is 0 Å². The predicted octanol–water partition coefficient (Wildman–Crippen LogP) is 5.96. The average Bonchev–Trinajstić information content (AvgIpc) is 1.76. The third-order valence-corrected chi connectivity index (χ3v) is 26.1. The van der Waals surface area contributed by atoms with Gasteiger partial charge in [-0.15, -0.1) is 11.6 Å². The third-order valence-electron chi connectivity index (χ3n) is 25.6. The molecule has 4 saturated carbocycles. The van der Waals surface area contributed by atoms with Gasteiger partial charge in [0.05, 0.1) is 38.5 Å². The van der Waals surface area contributed by atoms with Crippen LogP contribution in [0.1, 0.15) is 202 Å². The molecule has 8 aliphatic rings. The summed E-state index contributed by atoms with van der Waals surface area (Å²) in [4.78, 5) is 210. The summed E-state index contributed by atoms with van der Waals surface area (Å²) >= 11 is 6.44. The van der Waals surface area contributed by atoms with Crippen LogP contribution in [0.5, 0.6) is 0 Å². The van der Waals surface area contributed by atoms with Gasteiger partial charge in [-0.3, -0.25) is 62.3 Å². The quantitative estimate of drug-likeness (QED) is 0.142. The van der Waals surface area contributed by atoms with Crippen molar-refractivity contribution in [2.24, 2.45) is 35.5 Å². The number of morpholine rings is 1. The van der Waals surface area contributed by atoms with Crippen molar-refractivity contribution < 1.29 is 89.0 Å². The summed E-state index contributed by atoms with van der Waals surface area (Å²) in [5.74, 6) is -16.5. The zero-order chi connectivity index (χ0) is 81.9. The number of nitrogens with one attached hydrogen (secondary N) is 3. The minimum absolute atomic E-state index is 0.0116. The summed E-state index contributed by atoms with van der Waals surface area (Å²) in [5.41, 5.74) is -1.84. The van der Waals surface area contributed by atoms with Gasteiger partial charge >= 0.3 is 6.18 Å². The molecule has 4 saturated heterocycles. The van der Waals surface area contributed by atoms with Gasteiger partial charge in [0.2, 0.25) is 76.8 Å². The van der Waals surface area contributed by atoms with E-state index in [0.29, 0.717) is 44.9 Å². The first-order chi connectivity index (χ1) is 52.2. The molecule has 3 N–H and O–H groups in total. The molecular weight excluding hydrogens is 1470 g/mol. The summed E-state index contributed by atoms with van der Waals surface area (Å²) in [6.45, 7) is 7.82. The molecule has 111 heavy (non-hydrogen) atoms. The fraction of sp³-hybridized carbons (Fsp3) is 0.833. The number of halogens is 6. The number of rotatable bonds is 13. The van der Waals surface area contributed by atoms with E-state index in [-0.39, 0.29) is 109 Å². The lowest BCUT2D eigenvalue weighted by Crippen LogP contribution is -2.66. The SMILES string of the molecule is CC[C@H](C)[C@@H]1NC(=O)[C@H](CC(C)C)N(C)C(=O)C[C@@H](C(=O)N2CCOCC2)N(C)C(=O)[C@H](C2CCCC2)N(C)C(=O)C2(CCCC2)NC(=O)[C@H](CC(=O)N2CCC(F)(F)CC2)N(C)C(=O)[C@H](CCC2CCC(C(F)(F)F)C(Cl)C2)NC(=O)CN(C)C(=O)[C@H](CC2CCCCC2)N(C)C(=O)[C@@H]2CCN2C(=O)[C@H](C)N(C)C1=O. The van der Waals surface area contributed by atoms with Gasteiger partial charge in [-0.05, 0) is 114 Å². The molecule has 0 aromatic rings. The molecule has 13 atom stereocenters. The standard InChI is InChI=1S/C78H123ClF5N13O14/c1-13-48(4)64-73(108)89(7)49(5)68(103)97-34-29-56(97)71(106)92(10)59(43-50-21-15-14-16-22-50)70(105)88(6)46-61(98)85-55(28-26-51-25-27-53(54(79)42-51)78(82,83)84)69(104)91(9)58(44-63(100)95-35-32-77(80,81)33-36-95)67(102)87-76(30-19-20-31-76)75(110)94(12)65(52-23-17-18-24-52)74(109)93(11)60(72(107)96-37-39-111-40-38-96)45-62(99)90(8)57(41-47(2)3)66(101)86-64/h47-60,64-65H,13-46H2,1-12H3,(H,85,98)(H,86,101)(H,87,102)/t48-,49-,51?,53?,54?,55-,56-,57-,58-,59-,60-,64-,65-/m0/s1. The third kappa shape index (κ3) is 21.9. The maximum absolute atomic E-state index is 16.0. The number of carbonyl (C=O) groups excluding carboxylic acids is 13. The molecule has 27 nitrogen and oxygen atoms in total. The smallest absolute Gasteiger partial charge is 0.378 e. The van der Waals surface area contributed by atoms with E-state index in [9.17, 15) is 45.9 Å². The van der Waals surface area contributed by atoms with Crippen LogP contribution in [0.25, 0.3) is 0 Å². The lowest BCUT2D eigenvalue weighted by Gasteiger charge is -2.45. The highest BCUT2D eigenvalue weighted by molar-refractivity contribution is 6.21. The van der Waals surface area contributed by atoms with E-state index in [1.54, 1.807) is 6.92 Å². The van der Waals surface area contributed by atoms with Crippen molar-refractivity contribution >= 4 is 88.4 Å². The normalized spacial score (nSPS) is 30.7. The highest BCUT2D eigenvalue weighted by atomic mass is 35.5. The lowest BCUT2D eigenvalue weighted by atomic mass is 9.78. The molecule has 0 bridgehead atoms. The lowest BCUT2D eigenvalue weighted by molar-refractivity contribution is -0.182. The monoisotopic (exact) mass is 1600 g/mol. The van der Waals surface area contributed by atoms with E-state index in [2.05, 4.69) is 16.0 Å². The van der Waals surface area contributed by atoms with Gasteiger partial charge < -0.3 is 69.7 Å². The fourth-order valence-corrected chi connectivity index (χ4v) is 18.4. The Kier molecular flexibility index (Phi) is 31.4. The van der Waals surface area contributed by atoms with Gasteiger partial charge in [-0.1, -0.05) is 91.9 Å². The predicted molar refractivity (Wildman–Crippen MR) is 401 cm³/mol. The second-order valence-electron chi connectivity index (χ2n) is 33.6. The molecule has 33 heteroatoms. The van der Waals surface area contributed by atoms with E-state index >= 15 is 38.4 Å². The average molecular weight is 1600 g/mol. The fourth-order valence-electron chi connectivity index (χ4n) is 17.9. The van der Waals surface area contributed by atoms with Crippen LogP contribution in [0.15, 0.2) is 0 Å². The van der Waals surface area contributed by atoms with Crippen LogP contribution in [-0.2, 0) is 67.1 Å². The number of piperidine rings is 1. The van der Waals surface area contributed by atoms with E-state index in [1.807, 2.05) is 20.8 Å². The number of hydrogen-bond acceptors (Lipinski definition) is 14. The molecule has 0 aromatic carbocycles. The summed E-state index contributed by atoms with van der Waals surface area (Å²) < 4.78 is 77.6. The van der Waals surface area contributed by atoms with Crippen LogP contribution >= 0.6 is 11.6 Å². The molecule has 4 aliphatic heterocycles. The number of likely N-dealkylation sites (tertiary alicyclic amines) is 1. The Balaban J connectivity index is 1.22. The zero-order valence-electron chi connectivity index (χ0n) is 67.2. The van der Waals surface area contributed by atoms with Crippen molar-refractivity contribution in [1.29, 1.82) is 0 Å². The number of fused-ring (bicyclic) bond motifs is 1. The Morgan fingerprint density at radius 1 is 0.604 bits per heavy atom. The second-order valence-corrected chi connectivity index (χ2v) is 34.2. The maximum atomic E-state index is 16.0. The molecule has 4 aliphatic carbocycles. The van der Waals surface area contributed by atoms with Crippen LogP contribution in [0.3, 0.4) is 0 Å². The molecular formula is C78H123ClF5N13O14. The summed E-state index contributed by atoms with van der Waals surface area (Å²) in [7, 11) is 9.58. The maximum Gasteiger partial charge on any atom is 0.393 e.